The maximum absolute atomic E-state index is 12.4. The molecule has 178 valence electrons. The van der Waals surface area contributed by atoms with Crippen molar-refractivity contribution in [3.05, 3.63) is 0 Å². The zero-order valence-electron chi connectivity index (χ0n) is 18.1. The Morgan fingerprint density at radius 3 is 2.06 bits per heavy atom. The summed E-state index contributed by atoms with van der Waals surface area (Å²) in [5.41, 5.74) is 16.3. The molecule has 0 spiro atoms. The van der Waals surface area contributed by atoms with E-state index in [-0.39, 0.29) is 30.6 Å². The minimum absolute atomic E-state index is 0.0122. The topological polar surface area (TPSA) is 215 Å². The molecule has 3 amide bonds. The first-order chi connectivity index (χ1) is 14.4. The molecule has 0 aromatic carbocycles. The van der Waals surface area contributed by atoms with Crippen LogP contribution in [0.25, 0.3) is 0 Å². The van der Waals surface area contributed by atoms with E-state index >= 15 is 0 Å². The summed E-state index contributed by atoms with van der Waals surface area (Å²) in [5.74, 6) is -3.24. The number of hydrogen-bond acceptors (Lipinski definition) is 7. The van der Waals surface area contributed by atoms with Crippen molar-refractivity contribution < 1.29 is 24.3 Å². The lowest BCUT2D eigenvalue weighted by Gasteiger charge is -2.24. The van der Waals surface area contributed by atoms with Gasteiger partial charge >= 0.3 is 5.97 Å². The molecule has 5 unspecified atom stereocenters. The van der Waals surface area contributed by atoms with E-state index in [1.165, 1.54) is 6.92 Å². The second kappa shape index (κ2) is 14.5. The molecule has 0 aliphatic rings. The van der Waals surface area contributed by atoms with Gasteiger partial charge in [-0.25, -0.2) is 4.79 Å². The van der Waals surface area contributed by atoms with Crippen LogP contribution in [0, 0.1) is 5.92 Å². The Morgan fingerprint density at radius 1 is 1.00 bits per heavy atom. The van der Waals surface area contributed by atoms with E-state index < -0.39 is 47.9 Å². The van der Waals surface area contributed by atoms with Gasteiger partial charge in [0.15, 0.2) is 5.96 Å². The molecule has 10 N–H and O–H groups in total. The first-order valence-electron chi connectivity index (χ1n) is 10.00. The van der Waals surface area contributed by atoms with Crippen LogP contribution >= 0.6 is 12.6 Å². The lowest BCUT2D eigenvalue weighted by Crippen LogP contribution is -2.57. The van der Waals surface area contributed by atoms with E-state index in [1.807, 2.05) is 13.8 Å². The van der Waals surface area contributed by atoms with Gasteiger partial charge in [-0.2, -0.15) is 12.6 Å². The molecule has 0 aromatic rings. The van der Waals surface area contributed by atoms with Crippen molar-refractivity contribution >= 4 is 42.3 Å². The lowest BCUT2D eigenvalue weighted by molar-refractivity contribution is -0.142. The lowest BCUT2D eigenvalue weighted by atomic mass is 9.99. The van der Waals surface area contributed by atoms with Crippen molar-refractivity contribution in [1.82, 2.24) is 16.0 Å². The summed E-state index contributed by atoms with van der Waals surface area (Å²) < 4.78 is 0. The molecular formula is C18H35N7O5S. The van der Waals surface area contributed by atoms with Gasteiger partial charge in [-0.3, -0.25) is 19.4 Å². The summed E-state index contributed by atoms with van der Waals surface area (Å²) in [4.78, 5) is 52.1. The summed E-state index contributed by atoms with van der Waals surface area (Å²) >= 11 is 4.07. The zero-order valence-corrected chi connectivity index (χ0v) is 19.0. The van der Waals surface area contributed by atoms with E-state index in [0.717, 1.165) is 0 Å². The van der Waals surface area contributed by atoms with Crippen molar-refractivity contribution in [3.63, 3.8) is 0 Å². The highest BCUT2D eigenvalue weighted by atomic mass is 32.1. The maximum Gasteiger partial charge on any atom is 0.326 e. The molecule has 0 rings (SSSR count). The van der Waals surface area contributed by atoms with Crippen molar-refractivity contribution in [2.75, 3.05) is 12.3 Å². The molecule has 0 heterocycles. The first kappa shape index (κ1) is 28.5. The van der Waals surface area contributed by atoms with E-state index in [1.54, 1.807) is 0 Å². The van der Waals surface area contributed by atoms with Crippen LogP contribution in [0.15, 0.2) is 4.99 Å². The van der Waals surface area contributed by atoms with Crippen LogP contribution < -0.4 is 33.2 Å². The highest BCUT2D eigenvalue weighted by molar-refractivity contribution is 7.80. The normalized spacial score (nSPS) is 15.5. The number of guanidine groups is 1. The first-order valence-corrected chi connectivity index (χ1v) is 10.6. The van der Waals surface area contributed by atoms with E-state index in [4.69, 9.17) is 17.2 Å². The fourth-order valence-electron chi connectivity index (χ4n) is 2.41. The van der Waals surface area contributed by atoms with Crippen LogP contribution in [-0.4, -0.2) is 71.2 Å². The largest absolute Gasteiger partial charge is 0.480 e. The second-order valence-corrected chi connectivity index (χ2v) is 7.60. The molecular weight excluding hydrogens is 426 g/mol. The van der Waals surface area contributed by atoms with Crippen LogP contribution in [0.1, 0.15) is 40.0 Å². The minimum Gasteiger partial charge on any atom is -0.480 e. The SMILES string of the molecule is CCC(C)C(N)C(=O)NC(CS)C(=O)NC(C)C(=O)NC(CCCN=C(N)N)C(=O)O. The van der Waals surface area contributed by atoms with Gasteiger partial charge in [0, 0.05) is 12.3 Å². The van der Waals surface area contributed by atoms with Gasteiger partial charge in [-0.1, -0.05) is 20.3 Å². The van der Waals surface area contributed by atoms with E-state index in [0.29, 0.717) is 12.8 Å². The number of carboxylic acids is 1. The number of amides is 3. The zero-order chi connectivity index (χ0) is 24.1. The van der Waals surface area contributed by atoms with E-state index in [2.05, 4.69) is 33.6 Å². The maximum atomic E-state index is 12.4. The molecule has 13 heteroatoms. The van der Waals surface area contributed by atoms with E-state index in [9.17, 15) is 24.3 Å². The number of carbonyl (C=O) groups is 4. The van der Waals surface area contributed by atoms with Gasteiger partial charge in [0.2, 0.25) is 17.7 Å². The molecule has 0 fully saturated rings. The van der Waals surface area contributed by atoms with Gasteiger partial charge in [0.1, 0.15) is 18.1 Å². The molecule has 0 bridgehead atoms. The number of rotatable bonds is 14. The monoisotopic (exact) mass is 461 g/mol. The number of aliphatic imine (C=N–C) groups is 1. The average Bonchev–Trinajstić information content (AvgIpc) is 2.71. The number of nitrogens with one attached hydrogen (secondary N) is 3. The quantitative estimate of drug-likeness (QED) is 0.0619. The Bertz CT molecular complexity index is 657. The van der Waals surface area contributed by atoms with Crippen LogP contribution in [0.5, 0.6) is 0 Å². The van der Waals surface area contributed by atoms with Gasteiger partial charge in [0.25, 0.3) is 0 Å². The molecule has 0 aliphatic carbocycles. The number of carboxylic acid groups (broad SMARTS) is 1. The highest BCUT2D eigenvalue weighted by Gasteiger charge is 2.28. The Kier molecular flexibility index (Phi) is 13.3. The number of hydrogen-bond donors (Lipinski definition) is 8. The van der Waals surface area contributed by atoms with Crippen molar-refractivity contribution in [2.24, 2.45) is 28.1 Å². The van der Waals surface area contributed by atoms with Crippen molar-refractivity contribution in [2.45, 2.75) is 64.2 Å². The van der Waals surface area contributed by atoms with Crippen molar-refractivity contribution in [3.8, 4) is 0 Å². The standard InChI is InChI=1S/C18H35N7O5S/c1-4-9(2)13(19)16(28)25-12(8-31)15(27)23-10(3)14(26)24-11(17(29)30)6-5-7-22-18(20)21/h9-13,31H,4-8,19H2,1-3H3,(H,23,27)(H,24,26)(H,25,28)(H,29,30)(H4,20,21,22). The smallest absolute Gasteiger partial charge is 0.326 e. The number of nitrogens with two attached hydrogens (primary N) is 3. The van der Waals surface area contributed by atoms with Crippen LogP contribution in [0.4, 0.5) is 0 Å². The molecule has 0 aromatic heterocycles. The van der Waals surface area contributed by atoms with Gasteiger partial charge in [-0.15, -0.1) is 0 Å². The summed E-state index contributed by atoms with van der Waals surface area (Å²) in [6.45, 7) is 5.33. The predicted octanol–water partition coefficient (Wildman–Crippen LogP) is -2.10. The van der Waals surface area contributed by atoms with Gasteiger partial charge in [-0.05, 0) is 25.7 Å². The summed E-state index contributed by atoms with van der Waals surface area (Å²) in [6, 6.07) is -4.00. The third kappa shape index (κ3) is 10.9. The van der Waals surface area contributed by atoms with Gasteiger partial charge < -0.3 is 38.3 Å². The molecule has 0 saturated heterocycles. The summed E-state index contributed by atoms with van der Waals surface area (Å²) in [6.07, 6.45) is 1.13. The molecule has 31 heavy (non-hydrogen) atoms. The molecule has 5 atom stereocenters. The molecule has 0 radical (unpaired) electrons. The molecule has 0 aliphatic heterocycles. The van der Waals surface area contributed by atoms with Crippen molar-refractivity contribution in [1.29, 1.82) is 0 Å². The number of carbonyl (C=O) groups excluding carboxylic acids is 3. The highest BCUT2D eigenvalue weighted by Crippen LogP contribution is 2.06. The summed E-state index contributed by atoms with van der Waals surface area (Å²) in [7, 11) is 0. The molecule has 0 saturated carbocycles. The third-order valence-corrected chi connectivity index (χ3v) is 5.05. The molecule has 12 nitrogen and oxygen atoms in total. The van der Waals surface area contributed by atoms with Crippen LogP contribution in [0.3, 0.4) is 0 Å². The fourth-order valence-corrected chi connectivity index (χ4v) is 2.67. The Hall–Kier alpha value is -2.54. The fraction of sp³-hybridized carbons (Fsp3) is 0.722. The second-order valence-electron chi connectivity index (χ2n) is 7.23. The Morgan fingerprint density at radius 2 is 1.58 bits per heavy atom. The minimum atomic E-state index is -1.23. The number of thiol groups is 1. The summed E-state index contributed by atoms with van der Waals surface area (Å²) in [5, 5.41) is 16.6. The van der Waals surface area contributed by atoms with Crippen LogP contribution in [0.2, 0.25) is 0 Å². The number of nitrogens with zero attached hydrogens (tertiary/aromatic N) is 1. The predicted molar refractivity (Wildman–Crippen MR) is 120 cm³/mol. The van der Waals surface area contributed by atoms with Crippen LogP contribution in [-0.2, 0) is 19.2 Å². The van der Waals surface area contributed by atoms with Gasteiger partial charge in [0.05, 0.1) is 6.04 Å². The average molecular weight is 462 g/mol. The Balaban J connectivity index is 4.81. The Labute approximate surface area is 187 Å². The number of aliphatic carboxylic acids is 1. The third-order valence-electron chi connectivity index (χ3n) is 4.69.